The van der Waals surface area contributed by atoms with Gasteiger partial charge in [-0.25, -0.2) is 9.78 Å². The number of urea groups is 1. The normalized spacial score (nSPS) is 20.9. The van der Waals surface area contributed by atoms with Crippen molar-refractivity contribution in [1.82, 2.24) is 20.2 Å². The van der Waals surface area contributed by atoms with Crippen LogP contribution in [0.3, 0.4) is 0 Å². The number of carbonyl (C=O) groups is 1. The quantitative estimate of drug-likeness (QED) is 0.873. The number of piperidine rings is 1. The van der Waals surface area contributed by atoms with Crippen molar-refractivity contribution in [3.63, 3.8) is 0 Å². The Morgan fingerprint density at radius 2 is 2.12 bits per heavy atom. The summed E-state index contributed by atoms with van der Waals surface area (Å²) < 4.78 is 0. The fourth-order valence-electron chi connectivity index (χ4n) is 3.86. The third-order valence-corrected chi connectivity index (χ3v) is 5.46. The van der Waals surface area contributed by atoms with E-state index in [1.54, 1.807) is 6.33 Å². The van der Waals surface area contributed by atoms with Crippen LogP contribution in [0.1, 0.15) is 48.0 Å². The molecule has 0 radical (unpaired) electrons. The van der Waals surface area contributed by atoms with E-state index in [2.05, 4.69) is 15.3 Å². The molecule has 2 aliphatic rings. The molecular weight excluding hydrogens is 324 g/mol. The summed E-state index contributed by atoms with van der Waals surface area (Å²) in [5, 5.41) is 3.96. The van der Waals surface area contributed by atoms with Crippen molar-refractivity contribution in [2.24, 2.45) is 0 Å². The maximum absolute atomic E-state index is 12.6. The highest BCUT2D eigenvalue weighted by molar-refractivity contribution is 6.30. The van der Waals surface area contributed by atoms with Gasteiger partial charge >= 0.3 is 6.03 Å². The maximum Gasteiger partial charge on any atom is 0.317 e. The van der Waals surface area contributed by atoms with Crippen LogP contribution >= 0.6 is 11.6 Å². The van der Waals surface area contributed by atoms with E-state index in [4.69, 9.17) is 11.6 Å². The summed E-state index contributed by atoms with van der Waals surface area (Å²) in [6.45, 7) is 1.57. The molecule has 2 amide bonds. The van der Waals surface area contributed by atoms with E-state index in [1.807, 2.05) is 29.3 Å². The van der Waals surface area contributed by atoms with Crippen molar-refractivity contribution < 1.29 is 4.79 Å². The highest BCUT2D eigenvalue weighted by Gasteiger charge is 2.28. The van der Waals surface area contributed by atoms with E-state index < -0.39 is 0 Å². The van der Waals surface area contributed by atoms with E-state index in [-0.39, 0.29) is 12.1 Å². The van der Waals surface area contributed by atoms with E-state index in [9.17, 15) is 4.79 Å². The zero-order valence-electron chi connectivity index (χ0n) is 13.5. The Morgan fingerprint density at radius 1 is 1.29 bits per heavy atom. The minimum absolute atomic E-state index is 0.0471. The van der Waals surface area contributed by atoms with Gasteiger partial charge in [0.05, 0.1) is 12.4 Å². The zero-order chi connectivity index (χ0) is 16.5. The smallest absolute Gasteiger partial charge is 0.317 e. The molecule has 126 valence electrons. The van der Waals surface area contributed by atoms with Crippen LogP contribution in [0, 0.1) is 0 Å². The molecule has 5 nitrogen and oxygen atoms in total. The number of rotatable bonds is 2. The molecule has 0 bridgehead atoms. The summed E-state index contributed by atoms with van der Waals surface area (Å²) in [6, 6.07) is 6.11. The van der Waals surface area contributed by atoms with Crippen LogP contribution < -0.4 is 5.32 Å². The molecule has 0 spiro atoms. The molecule has 0 unspecified atom stereocenters. The van der Waals surface area contributed by atoms with Gasteiger partial charge in [0.1, 0.15) is 0 Å². The number of amides is 2. The first-order valence-electron chi connectivity index (χ1n) is 8.53. The molecule has 1 aromatic carbocycles. The predicted molar refractivity (Wildman–Crippen MR) is 93.2 cm³/mol. The summed E-state index contributed by atoms with van der Waals surface area (Å²) in [5.74, 6) is 0.478. The number of H-pyrrole nitrogens is 1. The van der Waals surface area contributed by atoms with Gasteiger partial charge in [0.25, 0.3) is 0 Å². The Morgan fingerprint density at radius 3 is 2.88 bits per heavy atom. The van der Waals surface area contributed by atoms with E-state index >= 15 is 0 Å². The zero-order valence-corrected chi connectivity index (χ0v) is 14.2. The van der Waals surface area contributed by atoms with Crippen molar-refractivity contribution >= 4 is 17.6 Å². The van der Waals surface area contributed by atoms with Crippen LogP contribution in [0.25, 0.3) is 0 Å². The number of fused-ring (bicyclic) bond motifs is 1. The second kappa shape index (κ2) is 6.48. The van der Waals surface area contributed by atoms with E-state index in [1.165, 1.54) is 16.8 Å². The molecule has 2 N–H and O–H groups in total. The Bertz CT molecular complexity index is 723. The van der Waals surface area contributed by atoms with Crippen LogP contribution in [-0.4, -0.2) is 34.0 Å². The largest absolute Gasteiger partial charge is 0.348 e. The number of nitrogens with zero attached hydrogens (tertiary/aromatic N) is 2. The molecule has 1 aliphatic heterocycles. The average Bonchev–Trinajstić information content (AvgIpc) is 3.25. The number of aromatic amines is 1. The number of hydrogen-bond donors (Lipinski definition) is 2. The van der Waals surface area contributed by atoms with E-state index in [0.29, 0.717) is 5.92 Å². The molecule has 0 saturated carbocycles. The number of halogens is 1. The summed E-state index contributed by atoms with van der Waals surface area (Å²) in [5.41, 5.74) is 3.64. The van der Waals surface area contributed by atoms with Gasteiger partial charge in [-0.3, -0.25) is 0 Å². The summed E-state index contributed by atoms with van der Waals surface area (Å²) in [4.78, 5) is 21.8. The molecule has 6 heteroatoms. The molecule has 1 aliphatic carbocycles. The fraction of sp³-hybridized carbons (Fsp3) is 0.444. The molecule has 1 saturated heterocycles. The highest BCUT2D eigenvalue weighted by Crippen LogP contribution is 2.33. The first-order valence-corrected chi connectivity index (χ1v) is 8.90. The topological polar surface area (TPSA) is 61.0 Å². The summed E-state index contributed by atoms with van der Waals surface area (Å²) in [7, 11) is 0. The molecular formula is C18H21ClN4O. The number of carbonyl (C=O) groups excluding carboxylic acids is 1. The van der Waals surface area contributed by atoms with Gasteiger partial charge in [-0.1, -0.05) is 17.7 Å². The van der Waals surface area contributed by atoms with Crippen molar-refractivity contribution in [2.75, 3.05) is 13.1 Å². The lowest BCUT2D eigenvalue weighted by molar-refractivity contribution is 0.177. The second-order valence-electron chi connectivity index (χ2n) is 6.65. The molecule has 2 aromatic rings. The van der Waals surface area contributed by atoms with Crippen LogP contribution in [0.5, 0.6) is 0 Å². The maximum atomic E-state index is 12.6. The molecule has 2 heterocycles. The minimum Gasteiger partial charge on any atom is -0.348 e. The van der Waals surface area contributed by atoms with Crippen LogP contribution in [0.4, 0.5) is 4.79 Å². The standard InChI is InChI=1S/C18H21ClN4O/c19-14-2-3-15-13(9-14)1-4-16(15)22-18(24)23-7-5-12(6-8-23)17-10-20-11-21-17/h2-3,9-12,16H,1,4-8H2,(H,20,21)(H,22,24)/t16-/m0/s1. The number of likely N-dealkylation sites (tertiary alicyclic amines) is 1. The van der Waals surface area contributed by atoms with Gasteiger partial charge in [-0.05, 0) is 48.9 Å². The number of aryl methyl sites for hydroxylation is 1. The fourth-order valence-corrected chi connectivity index (χ4v) is 4.05. The number of hydrogen-bond acceptors (Lipinski definition) is 2. The van der Waals surface area contributed by atoms with Gasteiger partial charge in [-0.2, -0.15) is 0 Å². The minimum atomic E-state index is 0.0471. The lowest BCUT2D eigenvalue weighted by Gasteiger charge is -2.32. The second-order valence-corrected chi connectivity index (χ2v) is 7.09. The summed E-state index contributed by atoms with van der Waals surface area (Å²) >= 11 is 6.05. The third-order valence-electron chi connectivity index (χ3n) is 5.22. The Labute approximate surface area is 146 Å². The monoisotopic (exact) mass is 344 g/mol. The Kier molecular flexibility index (Phi) is 4.19. The predicted octanol–water partition coefficient (Wildman–Crippen LogP) is 3.64. The van der Waals surface area contributed by atoms with Gasteiger partial charge in [0.15, 0.2) is 0 Å². The number of aromatic nitrogens is 2. The lowest BCUT2D eigenvalue weighted by atomic mass is 9.94. The number of nitrogens with one attached hydrogen (secondary N) is 2. The van der Waals surface area contributed by atoms with Crippen LogP contribution in [0.15, 0.2) is 30.7 Å². The van der Waals surface area contributed by atoms with Crippen molar-refractivity contribution in [3.05, 3.63) is 52.6 Å². The van der Waals surface area contributed by atoms with Crippen molar-refractivity contribution in [1.29, 1.82) is 0 Å². The molecule has 4 rings (SSSR count). The van der Waals surface area contributed by atoms with Gasteiger partial charge in [-0.15, -0.1) is 0 Å². The van der Waals surface area contributed by atoms with Crippen molar-refractivity contribution in [2.45, 2.75) is 37.6 Å². The number of imidazole rings is 1. The molecule has 1 fully saturated rings. The molecule has 24 heavy (non-hydrogen) atoms. The Balaban J connectivity index is 1.35. The molecule has 1 aromatic heterocycles. The SMILES string of the molecule is O=C(N[C@H]1CCc2cc(Cl)ccc21)N1CCC(c2cnc[nH]2)CC1. The van der Waals surface area contributed by atoms with Gasteiger partial charge < -0.3 is 15.2 Å². The lowest BCUT2D eigenvalue weighted by Crippen LogP contribution is -2.45. The third kappa shape index (κ3) is 3.00. The average molecular weight is 345 g/mol. The first kappa shape index (κ1) is 15.5. The first-order chi connectivity index (χ1) is 11.7. The Hall–Kier alpha value is -2.01. The van der Waals surface area contributed by atoms with Crippen LogP contribution in [-0.2, 0) is 6.42 Å². The van der Waals surface area contributed by atoms with Crippen molar-refractivity contribution in [3.8, 4) is 0 Å². The van der Waals surface area contributed by atoms with Gasteiger partial charge in [0, 0.05) is 35.9 Å². The van der Waals surface area contributed by atoms with Crippen LogP contribution in [0.2, 0.25) is 5.02 Å². The van der Waals surface area contributed by atoms with Gasteiger partial charge in [0.2, 0.25) is 0 Å². The summed E-state index contributed by atoms with van der Waals surface area (Å²) in [6.07, 6.45) is 7.49. The molecule has 1 atom stereocenters. The highest BCUT2D eigenvalue weighted by atomic mass is 35.5. The number of benzene rings is 1. The van der Waals surface area contributed by atoms with E-state index in [0.717, 1.165) is 43.8 Å².